The third kappa shape index (κ3) is 4.38. The zero-order valence-electron chi connectivity index (χ0n) is 15.0. The first-order valence-electron chi connectivity index (χ1n) is 8.22. The summed E-state index contributed by atoms with van der Waals surface area (Å²) >= 11 is 0. The second-order valence-corrected chi connectivity index (χ2v) is 7.90. The number of nitrogen functional groups attached to an aromatic ring is 2. The normalized spacial score (nSPS) is 12.0. The minimum absolute atomic E-state index is 0.0359. The van der Waals surface area contributed by atoms with Gasteiger partial charge in [-0.25, -0.2) is 8.42 Å². The molecule has 3 rings (SSSR count). The Balaban J connectivity index is 2.12. The molecule has 0 aliphatic heterocycles. The van der Waals surface area contributed by atoms with Crippen molar-refractivity contribution in [1.82, 2.24) is 0 Å². The molecule has 0 heterocycles. The van der Waals surface area contributed by atoms with E-state index in [2.05, 4.69) is 20.5 Å². The van der Waals surface area contributed by atoms with Crippen LogP contribution in [0.5, 0.6) is 0 Å². The van der Waals surface area contributed by atoms with Crippen molar-refractivity contribution in [2.24, 2.45) is 20.5 Å². The molecule has 0 spiro atoms. The van der Waals surface area contributed by atoms with Gasteiger partial charge in [0.25, 0.3) is 0 Å². The molecular weight excluding hydrogens is 376 g/mol. The fourth-order valence-electron chi connectivity index (χ4n) is 2.37. The lowest BCUT2D eigenvalue weighted by Gasteiger charge is -2.11. The van der Waals surface area contributed by atoms with E-state index in [1.807, 2.05) is 24.3 Å². The van der Waals surface area contributed by atoms with E-state index in [1.165, 1.54) is 6.07 Å². The maximum atomic E-state index is 12.2. The SMILES string of the molecule is CS(=O)(=O)c1cc(/N=N/c2ccccc2)c(N)c(/N=N/c2ccccc2)c1N. The number of anilines is 2. The van der Waals surface area contributed by atoms with Gasteiger partial charge in [-0.05, 0) is 30.3 Å². The Morgan fingerprint density at radius 3 is 1.71 bits per heavy atom. The quantitative estimate of drug-likeness (QED) is 0.460. The molecule has 8 nitrogen and oxygen atoms in total. The highest BCUT2D eigenvalue weighted by Crippen LogP contribution is 2.43. The predicted octanol–water partition coefficient (Wildman–Crippen LogP) is 5.09. The third-order valence-electron chi connectivity index (χ3n) is 3.77. The Bertz CT molecular complexity index is 1140. The minimum Gasteiger partial charge on any atom is -0.396 e. The standard InChI is InChI=1S/C19H18N6O2S/c1-28(26,27)16-12-15(24-22-13-8-4-2-5-9-13)17(20)19(18(16)21)25-23-14-10-6-3-7-11-14/h2-12H,20-21H2,1H3/b24-22+,25-23+. The summed E-state index contributed by atoms with van der Waals surface area (Å²) in [5.74, 6) is 0. The van der Waals surface area contributed by atoms with Gasteiger partial charge in [-0.15, -0.1) is 10.2 Å². The maximum absolute atomic E-state index is 12.2. The summed E-state index contributed by atoms with van der Waals surface area (Å²) in [4.78, 5) is -0.134. The van der Waals surface area contributed by atoms with Gasteiger partial charge in [0, 0.05) is 6.26 Å². The topological polar surface area (TPSA) is 136 Å². The number of nitrogens with two attached hydrogens (primary N) is 2. The average Bonchev–Trinajstić information content (AvgIpc) is 2.68. The molecular formula is C19H18N6O2S. The van der Waals surface area contributed by atoms with Crippen LogP contribution in [0, 0.1) is 0 Å². The lowest BCUT2D eigenvalue weighted by molar-refractivity contribution is 0.602. The molecule has 0 aliphatic rings. The van der Waals surface area contributed by atoms with Gasteiger partial charge in [0.1, 0.15) is 11.4 Å². The molecule has 3 aromatic carbocycles. The number of sulfone groups is 1. The highest BCUT2D eigenvalue weighted by molar-refractivity contribution is 7.90. The number of nitrogens with zero attached hydrogens (tertiary/aromatic N) is 4. The zero-order valence-corrected chi connectivity index (χ0v) is 15.8. The lowest BCUT2D eigenvalue weighted by atomic mass is 10.2. The Hall–Kier alpha value is -3.59. The Kier molecular flexibility index (Phi) is 5.46. The van der Waals surface area contributed by atoms with E-state index in [4.69, 9.17) is 11.5 Å². The zero-order chi connectivity index (χ0) is 20.1. The molecule has 0 saturated heterocycles. The maximum Gasteiger partial charge on any atom is 0.177 e. The van der Waals surface area contributed by atoms with Gasteiger partial charge in [0.2, 0.25) is 0 Å². The molecule has 0 amide bonds. The van der Waals surface area contributed by atoms with Crippen molar-refractivity contribution >= 4 is 44.0 Å². The third-order valence-corrected chi connectivity index (χ3v) is 4.91. The van der Waals surface area contributed by atoms with Crippen LogP contribution in [0.15, 0.2) is 92.1 Å². The van der Waals surface area contributed by atoms with Crippen LogP contribution in [0.3, 0.4) is 0 Å². The Labute approximate surface area is 162 Å². The van der Waals surface area contributed by atoms with E-state index in [0.717, 1.165) is 6.26 Å². The van der Waals surface area contributed by atoms with Crippen LogP contribution in [-0.4, -0.2) is 14.7 Å². The van der Waals surface area contributed by atoms with E-state index in [1.54, 1.807) is 36.4 Å². The molecule has 0 atom stereocenters. The van der Waals surface area contributed by atoms with Crippen molar-refractivity contribution in [2.45, 2.75) is 4.90 Å². The number of benzene rings is 3. The van der Waals surface area contributed by atoms with Gasteiger partial charge in [-0.3, -0.25) is 0 Å². The van der Waals surface area contributed by atoms with Gasteiger partial charge < -0.3 is 11.5 Å². The van der Waals surface area contributed by atoms with E-state index in [0.29, 0.717) is 11.4 Å². The molecule has 0 bridgehead atoms. The smallest absolute Gasteiger partial charge is 0.177 e. The van der Waals surface area contributed by atoms with E-state index < -0.39 is 9.84 Å². The monoisotopic (exact) mass is 394 g/mol. The highest BCUT2D eigenvalue weighted by Gasteiger charge is 2.20. The van der Waals surface area contributed by atoms with Crippen molar-refractivity contribution in [2.75, 3.05) is 17.7 Å². The van der Waals surface area contributed by atoms with Crippen LogP contribution < -0.4 is 11.5 Å². The summed E-state index contributed by atoms with van der Waals surface area (Å²) in [5, 5.41) is 16.3. The second kappa shape index (κ2) is 7.97. The number of hydrogen-bond acceptors (Lipinski definition) is 8. The molecule has 0 unspecified atom stereocenters. The van der Waals surface area contributed by atoms with Crippen molar-refractivity contribution in [3.05, 3.63) is 66.7 Å². The summed E-state index contributed by atoms with van der Waals surface area (Å²) in [6, 6.07) is 19.2. The van der Waals surface area contributed by atoms with E-state index in [-0.39, 0.29) is 27.6 Å². The molecule has 9 heteroatoms. The van der Waals surface area contributed by atoms with Crippen molar-refractivity contribution in [3.8, 4) is 0 Å². The van der Waals surface area contributed by atoms with Gasteiger partial charge in [0.05, 0.1) is 27.6 Å². The summed E-state index contributed by atoms with van der Waals surface area (Å²) in [6.45, 7) is 0. The molecule has 28 heavy (non-hydrogen) atoms. The first-order valence-corrected chi connectivity index (χ1v) is 10.1. The predicted molar refractivity (Wildman–Crippen MR) is 110 cm³/mol. The van der Waals surface area contributed by atoms with Crippen LogP contribution in [-0.2, 0) is 9.84 Å². The average molecular weight is 394 g/mol. The molecule has 0 fully saturated rings. The highest BCUT2D eigenvalue weighted by atomic mass is 32.2. The lowest BCUT2D eigenvalue weighted by Crippen LogP contribution is -2.04. The number of azo groups is 2. The fourth-order valence-corrected chi connectivity index (χ4v) is 3.19. The molecule has 0 saturated carbocycles. The van der Waals surface area contributed by atoms with Gasteiger partial charge >= 0.3 is 0 Å². The number of rotatable bonds is 5. The van der Waals surface area contributed by atoms with Gasteiger partial charge in [-0.2, -0.15) is 10.2 Å². The van der Waals surface area contributed by atoms with Crippen LogP contribution in [0.2, 0.25) is 0 Å². The molecule has 0 radical (unpaired) electrons. The van der Waals surface area contributed by atoms with Crippen molar-refractivity contribution < 1.29 is 8.42 Å². The summed E-state index contributed by atoms with van der Waals surface area (Å²) < 4.78 is 24.3. The van der Waals surface area contributed by atoms with Gasteiger partial charge in [0.15, 0.2) is 9.84 Å². The Morgan fingerprint density at radius 1 is 0.714 bits per heavy atom. The van der Waals surface area contributed by atoms with Crippen LogP contribution in [0.1, 0.15) is 0 Å². The summed E-state index contributed by atoms with van der Waals surface area (Å²) in [7, 11) is -3.65. The molecule has 0 aromatic heterocycles. The molecule has 0 aliphatic carbocycles. The van der Waals surface area contributed by atoms with Crippen LogP contribution in [0.4, 0.5) is 34.1 Å². The van der Waals surface area contributed by atoms with Crippen molar-refractivity contribution in [1.29, 1.82) is 0 Å². The molecule has 142 valence electrons. The largest absolute Gasteiger partial charge is 0.396 e. The van der Waals surface area contributed by atoms with Crippen LogP contribution >= 0.6 is 0 Å². The first-order chi connectivity index (χ1) is 13.4. The van der Waals surface area contributed by atoms with Crippen LogP contribution in [0.25, 0.3) is 0 Å². The van der Waals surface area contributed by atoms with Gasteiger partial charge in [-0.1, -0.05) is 36.4 Å². The minimum atomic E-state index is -3.65. The first kappa shape index (κ1) is 19.2. The van der Waals surface area contributed by atoms with E-state index >= 15 is 0 Å². The Morgan fingerprint density at radius 2 is 1.21 bits per heavy atom. The second-order valence-electron chi connectivity index (χ2n) is 5.91. The van der Waals surface area contributed by atoms with Crippen molar-refractivity contribution in [3.63, 3.8) is 0 Å². The molecule has 3 aromatic rings. The summed E-state index contributed by atoms with van der Waals surface area (Å²) in [6.07, 6.45) is 1.05. The number of hydrogen-bond donors (Lipinski definition) is 2. The summed E-state index contributed by atoms with van der Waals surface area (Å²) in [5.41, 5.74) is 13.5. The van der Waals surface area contributed by atoms with E-state index in [9.17, 15) is 8.42 Å². The molecule has 4 N–H and O–H groups in total. The fraction of sp³-hybridized carbons (Fsp3) is 0.0526.